The van der Waals surface area contributed by atoms with Crippen LogP contribution in [0.25, 0.3) is 0 Å². The molecule has 2 aromatic rings. The van der Waals surface area contributed by atoms with E-state index in [9.17, 15) is 0 Å². The highest BCUT2D eigenvalue weighted by molar-refractivity contribution is 7.09. The van der Waals surface area contributed by atoms with Gasteiger partial charge in [-0.1, -0.05) is 6.07 Å². The fraction of sp³-hybridized carbons (Fsp3) is 0.200. The van der Waals surface area contributed by atoms with Gasteiger partial charge in [0.2, 0.25) is 0 Å². The molecule has 2 aromatic heterocycles. The average Bonchev–Trinajstić information content (AvgIpc) is 2.67. The number of thiazole rings is 1. The Morgan fingerprint density at radius 1 is 1.43 bits per heavy atom. The highest BCUT2D eigenvalue weighted by Crippen LogP contribution is 2.08. The molecule has 0 fully saturated rings. The van der Waals surface area contributed by atoms with Gasteiger partial charge in [-0.05, 0) is 19.1 Å². The van der Waals surface area contributed by atoms with Gasteiger partial charge in [-0.25, -0.2) is 9.97 Å². The number of anilines is 1. The van der Waals surface area contributed by atoms with E-state index in [0.717, 1.165) is 23.1 Å². The van der Waals surface area contributed by atoms with Crippen LogP contribution in [-0.4, -0.2) is 9.97 Å². The topological polar surface area (TPSA) is 37.8 Å². The Bertz CT molecular complexity index is 398. The van der Waals surface area contributed by atoms with E-state index in [1.165, 1.54) is 0 Å². The molecule has 0 radical (unpaired) electrons. The molecule has 72 valence electrons. The number of aryl methyl sites for hydroxylation is 1. The van der Waals surface area contributed by atoms with Gasteiger partial charge in [-0.3, -0.25) is 0 Å². The molecule has 0 aliphatic carbocycles. The minimum atomic E-state index is 0.744. The Morgan fingerprint density at radius 3 is 3.07 bits per heavy atom. The van der Waals surface area contributed by atoms with Gasteiger partial charge in [0.05, 0.1) is 6.54 Å². The molecule has 2 heterocycles. The molecular weight excluding hydrogens is 194 g/mol. The van der Waals surface area contributed by atoms with Crippen molar-refractivity contribution in [1.29, 1.82) is 0 Å². The molecule has 14 heavy (non-hydrogen) atoms. The Balaban J connectivity index is 1.98. The molecular formula is C10H11N3S. The Hall–Kier alpha value is -1.42. The first-order chi connectivity index (χ1) is 6.84. The van der Waals surface area contributed by atoms with Crippen molar-refractivity contribution in [2.45, 2.75) is 13.5 Å². The van der Waals surface area contributed by atoms with Gasteiger partial charge in [0, 0.05) is 17.3 Å². The van der Waals surface area contributed by atoms with Crippen molar-refractivity contribution >= 4 is 17.2 Å². The molecule has 0 saturated carbocycles. The molecule has 0 atom stereocenters. The largest absolute Gasteiger partial charge is 0.364 e. The number of aromatic nitrogens is 2. The monoisotopic (exact) mass is 205 g/mol. The Labute approximate surface area is 86.8 Å². The van der Waals surface area contributed by atoms with Crippen molar-refractivity contribution in [1.82, 2.24) is 9.97 Å². The average molecular weight is 205 g/mol. The molecule has 0 bridgehead atoms. The van der Waals surface area contributed by atoms with E-state index in [4.69, 9.17) is 0 Å². The first-order valence-electron chi connectivity index (χ1n) is 4.40. The summed E-state index contributed by atoms with van der Waals surface area (Å²) < 4.78 is 0. The predicted octanol–water partition coefficient (Wildman–Crippen LogP) is 2.46. The van der Waals surface area contributed by atoms with Crippen molar-refractivity contribution in [2.75, 3.05) is 5.32 Å². The lowest BCUT2D eigenvalue weighted by atomic mass is 10.4. The predicted molar refractivity (Wildman–Crippen MR) is 58.4 cm³/mol. The zero-order valence-electron chi connectivity index (χ0n) is 7.90. The van der Waals surface area contributed by atoms with E-state index >= 15 is 0 Å². The van der Waals surface area contributed by atoms with Crippen LogP contribution in [0.3, 0.4) is 0 Å². The SMILES string of the molecule is Cc1cccc(NCc2nccs2)n1. The number of nitrogens with zero attached hydrogens (tertiary/aromatic N) is 2. The Morgan fingerprint density at radius 2 is 2.36 bits per heavy atom. The smallest absolute Gasteiger partial charge is 0.126 e. The normalized spacial score (nSPS) is 10.1. The van der Waals surface area contributed by atoms with Gasteiger partial charge in [0.25, 0.3) is 0 Å². The van der Waals surface area contributed by atoms with Crippen molar-refractivity contribution in [3.63, 3.8) is 0 Å². The molecule has 0 unspecified atom stereocenters. The van der Waals surface area contributed by atoms with Crippen LogP contribution < -0.4 is 5.32 Å². The summed E-state index contributed by atoms with van der Waals surface area (Å²) in [6.45, 7) is 2.72. The second kappa shape index (κ2) is 4.19. The van der Waals surface area contributed by atoms with Gasteiger partial charge in [0.15, 0.2) is 0 Å². The third kappa shape index (κ3) is 2.29. The summed E-state index contributed by atoms with van der Waals surface area (Å²) in [6.07, 6.45) is 1.81. The Kier molecular flexibility index (Phi) is 2.74. The van der Waals surface area contributed by atoms with E-state index in [2.05, 4.69) is 15.3 Å². The van der Waals surface area contributed by atoms with Crippen LogP contribution in [0.1, 0.15) is 10.7 Å². The first-order valence-corrected chi connectivity index (χ1v) is 5.28. The summed E-state index contributed by atoms with van der Waals surface area (Å²) in [7, 11) is 0. The number of hydrogen-bond acceptors (Lipinski definition) is 4. The second-order valence-electron chi connectivity index (χ2n) is 2.94. The third-order valence-corrected chi connectivity index (χ3v) is 2.57. The quantitative estimate of drug-likeness (QED) is 0.836. The summed E-state index contributed by atoms with van der Waals surface area (Å²) in [4.78, 5) is 8.52. The maximum atomic E-state index is 4.34. The fourth-order valence-corrected chi connectivity index (χ4v) is 1.70. The standard InChI is InChI=1S/C10H11N3S/c1-8-3-2-4-9(13-8)12-7-10-11-5-6-14-10/h2-6H,7H2,1H3,(H,12,13). The third-order valence-electron chi connectivity index (χ3n) is 1.79. The first kappa shape index (κ1) is 9.15. The fourth-order valence-electron chi connectivity index (χ4n) is 1.15. The van der Waals surface area contributed by atoms with Gasteiger partial charge in [0.1, 0.15) is 10.8 Å². The maximum Gasteiger partial charge on any atom is 0.126 e. The minimum absolute atomic E-state index is 0.744. The molecule has 0 aromatic carbocycles. The van der Waals surface area contributed by atoms with Crippen LogP contribution in [-0.2, 0) is 6.54 Å². The van der Waals surface area contributed by atoms with Crippen LogP contribution >= 0.6 is 11.3 Å². The summed E-state index contributed by atoms with van der Waals surface area (Å²) in [5.41, 5.74) is 1.02. The van der Waals surface area contributed by atoms with Gasteiger partial charge >= 0.3 is 0 Å². The van der Waals surface area contributed by atoms with Crippen LogP contribution in [0.4, 0.5) is 5.82 Å². The van der Waals surface area contributed by atoms with E-state index < -0.39 is 0 Å². The van der Waals surface area contributed by atoms with Gasteiger partial charge < -0.3 is 5.32 Å². The lowest BCUT2D eigenvalue weighted by Crippen LogP contribution is -2.00. The van der Waals surface area contributed by atoms with Crippen molar-refractivity contribution < 1.29 is 0 Å². The van der Waals surface area contributed by atoms with Crippen LogP contribution in [0.15, 0.2) is 29.8 Å². The number of hydrogen-bond donors (Lipinski definition) is 1. The number of rotatable bonds is 3. The molecule has 2 rings (SSSR count). The second-order valence-corrected chi connectivity index (χ2v) is 3.92. The van der Waals surface area contributed by atoms with Crippen LogP contribution in [0.2, 0.25) is 0 Å². The van der Waals surface area contributed by atoms with E-state index in [0.29, 0.717) is 0 Å². The lowest BCUT2D eigenvalue weighted by molar-refractivity contribution is 1.06. The summed E-state index contributed by atoms with van der Waals surface area (Å²) in [5.74, 6) is 0.903. The zero-order chi connectivity index (χ0) is 9.80. The summed E-state index contributed by atoms with van der Waals surface area (Å²) in [5, 5.41) is 6.27. The van der Waals surface area contributed by atoms with Crippen molar-refractivity contribution in [3.05, 3.63) is 40.5 Å². The molecule has 0 saturated heterocycles. The summed E-state index contributed by atoms with van der Waals surface area (Å²) >= 11 is 1.64. The summed E-state index contributed by atoms with van der Waals surface area (Å²) in [6, 6.07) is 5.93. The zero-order valence-corrected chi connectivity index (χ0v) is 8.71. The molecule has 4 heteroatoms. The van der Waals surface area contributed by atoms with Crippen molar-refractivity contribution in [2.24, 2.45) is 0 Å². The van der Waals surface area contributed by atoms with Crippen molar-refractivity contribution in [3.8, 4) is 0 Å². The maximum absolute atomic E-state index is 4.34. The van der Waals surface area contributed by atoms with E-state index in [1.54, 1.807) is 11.3 Å². The van der Waals surface area contributed by atoms with E-state index in [-0.39, 0.29) is 0 Å². The minimum Gasteiger partial charge on any atom is -0.364 e. The molecule has 0 aliphatic heterocycles. The molecule has 3 nitrogen and oxygen atoms in total. The molecule has 1 N–H and O–H groups in total. The molecule has 0 aliphatic rings. The number of nitrogens with one attached hydrogen (secondary N) is 1. The molecule has 0 spiro atoms. The van der Waals surface area contributed by atoms with Crippen LogP contribution in [0, 0.1) is 6.92 Å². The number of pyridine rings is 1. The van der Waals surface area contributed by atoms with Crippen LogP contribution in [0.5, 0.6) is 0 Å². The van der Waals surface area contributed by atoms with E-state index in [1.807, 2.05) is 36.7 Å². The van der Waals surface area contributed by atoms with Gasteiger partial charge in [-0.2, -0.15) is 0 Å². The highest BCUT2D eigenvalue weighted by atomic mass is 32.1. The lowest BCUT2D eigenvalue weighted by Gasteiger charge is -2.03. The molecule has 0 amide bonds. The highest BCUT2D eigenvalue weighted by Gasteiger charge is 1.96. The van der Waals surface area contributed by atoms with Gasteiger partial charge in [-0.15, -0.1) is 11.3 Å².